The van der Waals surface area contributed by atoms with E-state index in [9.17, 15) is 14.0 Å². The Morgan fingerprint density at radius 1 is 1.11 bits per heavy atom. The summed E-state index contributed by atoms with van der Waals surface area (Å²) in [6.07, 6.45) is 0. The maximum Gasteiger partial charge on any atom is 0.358 e. The van der Waals surface area contributed by atoms with Crippen LogP contribution in [0.4, 0.5) is 10.1 Å². The van der Waals surface area contributed by atoms with E-state index in [0.29, 0.717) is 10.6 Å². The average molecular weight is 398 g/mol. The summed E-state index contributed by atoms with van der Waals surface area (Å²) in [5.74, 6) is -1.33. The van der Waals surface area contributed by atoms with E-state index in [1.807, 2.05) is 44.2 Å². The summed E-state index contributed by atoms with van der Waals surface area (Å²) in [5, 5.41) is 2.13. The molecule has 0 radical (unpaired) electrons. The van der Waals surface area contributed by atoms with Gasteiger partial charge in [-0.3, -0.25) is 4.79 Å². The molecule has 0 unspecified atom stereocenters. The van der Waals surface area contributed by atoms with Gasteiger partial charge in [-0.2, -0.15) is 0 Å². The Balaban J connectivity index is 1.65. The van der Waals surface area contributed by atoms with Crippen molar-refractivity contribution in [2.75, 3.05) is 11.5 Å². The third-order valence-electron chi connectivity index (χ3n) is 3.95. The Bertz CT molecular complexity index is 955. The molecule has 5 nitrogen and oxygen atoms in total. The van der Waals surface area contributed by atoms with Gasteiger partial charge in [0.1, 0.15) is 10.8 Å². The Labute approximate surface area is 166 Å². The first-order chi connectivity index (χ1) is 13.5. The van der Waals surface area contributed by atoms with E-state index >= 15 is 0 Å². The van der Waals surface area contributed by atoms with Gasteiger partial charge in [0, 0.05) is 22.7 Å². The molecule has 144 valence electrons. The summed E-state index contributed by atoms with van der Waals surface area (Å²) >= 11 is 1.25. The number of esters is 1. The minimum Gasteiger partial charge on any atom is -0.451 e. The van der Waals surface area contributed by atoms with Crippen LogP contribution in [-0.2, 0) is 9.53 Å². The second kappa shape index (κ2) is 8.75. The molecule has 0 aliphatic carbocycles. The first-order valence-electron chi connectivity index (χ1n) is 8.71. The van der Waals surface area contributed by atoms with Gasteiger partial charge in [0.05, 0.1) is 0 Å². The van der Waals surface area contributed by atoms with Crippen LogP contribution in [0.3, 0.4) is 0 Å². The van der Waals surface area contributed by atoms with E-state index in [4.69, 9.17) is 4.74 Å². The zero-order valence-corrected chi connectivity index (χ0v) is 16.3. The number of para-hydroxylation sites is 1. The standard InChI is InChI=1S/C21H19FN2O3S/c1-14(2)24(17-6-4-3-5-7-17)19(25)12-27-21(26)18-13-28-20(23-18)15-8-10-16(22)11-9-15/h3-11,13-14H,12H2,1-2H3. The fraction of sp³-hybridized carbons (Fsp3) is 0.190. The van der Waals surface area contributed by atoms with Gasteiger partial charge in [0.25, 0.3) is 5.91 Å². The van der Waals surface area contributed by atoms with Gasteiger partial charge in [0.15, 0.2) is 12.3 Å². The molecule has 3 aromatic rings. The molecule has 28 heavy (non-hydrogen) atoms. The molecule has 1 heterocycles. The van der Waals surface area contributed by atoms with Crippen LogP contribution >= 0.6 is 11.3 Å². The Hall–Kier alpha value is -3.06. The molecule has 1 aromatic heterocycles. The summed E-state index contributed by atoms with van der Waals surface area (Å²) in [7, 11) is 0. The summed E-state index contributed by atoms with van der Waals surface area (Å²) in [6, 6.07) is 15.0. The van der Waals surface area contributed by atoms with Crippen molar-refractivity contribution < 1.29 is 18.7 Å². The maximum absolute atomic E-state index is 13.0. The Kier molecular flexibility index (Phi) is 6.16. The van der Waals surface area contributed by atoms with Crippen molar-refractivity contribution in [2.45, 2.75) is 19.9 Å². The summed E-state index contributed by atoms with van der Waals surface area (Å²) in [6.45, 7) is 3.40. The Morgan fingerprint density at radius 2 is 1.79 bits per heavy atom. The monoisotopic (exact) mass is 398 g/mol. The molecule has 0 fully saturated rings. The molecule has 3 rings (SSSR count). The number of carbonyl (C=O) groups excluding carboxylic acids is 2. The van der Waals surface area contributed by atoms with Gasteiger partial charge < -0.3 is 9.64 Å². The highest BCUT2D eigenvalue weighted by molar-refractivity contribution is 7.13. The largest absolute Gasteiger partial charge is 0.451 e. The first kappa shape index (κ1) is 19.7. The number of hydrogen-bond acceptors (Lipinski definition) is 5. The normalized spacial score (nSPS) is 10.7. The Morgan fingerprint density at radius 3 is 2.43 bits per heavy atom. The third kappa shape index (κ3) is 4.61. The number of nitrogens with zero attached hydrogens (tertiary/aromatic N) is 2. The van der Waals surface area contributed by atoms with E-state index in [2.05, 4.69) is 4.98 Å². The van der Waals surface area contributed by atoms with Gasteiger partial charge >= 0.3 is 5.97 Å². The SMILES string of the molecule is CC(C)N(C(=O)COC(=O)c1csc(-c2ccc(F)cc2)n1)c1ccccc1. The lowest BCUT2D eigenvalue weighted by Gasteiger charge is -2.26. The van der Waals surface area contributed by atoms with Crippen LogP contribution in [0, 0.1) is 5.82 Å². The second-order valence-electron chi connectivity index (χ2n) is 6.31. The quantitative estimate of drug-likeness (QED) is 0.572. The zero-order chi connectivity index (χ0) is 20.1. The van der Waals surface area contributed by atoms with Gasteiger partial charge in [0.2, 0.25) is 0 Å². The van der Waals surface area contributed by atoms with Crippen molar-refractivity contribution in [3.63, 3.8) is 0 Å². The highest BCUT2D eigenvalue weighted by Gasteiger charge is 2.21. The minimum absolute atomic E-state index is 0.0852. The lowest BCUT2D eigenvalue weighted by atomic mass is 10.2. The van der Waals surface area contributed by atoms with Crippen molar-refractivity contribution in [1.29, 1.82) is 0 Å². The zero-order valence-electron chi connectivity index (χ0n) is 15.5. The molecule has 0 N–H and O–H groups in total. The van der Waals surface area contributed by atoms with Crippen molar-refractivity contribution in [3.8, 4) is 10.6 Å². The van der Waals surface area contributed by atoms with Crippen LogP contribution in [-0.4, -0.2) is 29.5 Å². The van der Waals surface area contributed by atoms with E-state index in [-0.39, 0.29) is 30.1 Å². The number of benzene rings is 2. The van der Waals surface area contributed by atoms with Crippen LogP contribution < -0.4 is 4.90 Å². The van der Waals surface area contributed by atoms with E-state index in [1.165, 1.54) is 23.5 Å². The van der Waals surface area contributed by atoms with Gasteiger partial charge in [-0.15, -0.1) is 11.3 Å². The first-order valence-corrected chi connectivity index (χ1v) is 9.59. The number of hydrogen-bond donors (Lipinski definition) is 0. The fourth-order valence-electron chi connectivity index (χ4n) is 2.68. The van der Waals surface area contributed by atoms with Gasteiger partial charge in [-0.1, -0.05) is 18.2 Å². The van der Waals surface area contributed by atoms with E-state index < -0.39 is 5.97 Å². The molecular weight excluding hydrogens is 379 g/mol. The number of rotatable bonds is 6. The molecule has 0 saturated carbocycles. The summed E-state index contributed by atoms with van der Waals surface area (Å²) < 4.78 is 18.2. The number of carbonyl (C=O) groups is 2. The van der Waals surface area contributed by atoms with Crippen LogP contribution in [0.5, 0.6) is 0 Å². The summed E-state index contributed by atoms with van der Waals surface area (Å²) in [4.78, 5) is 30.6. The lowest BCUT2D eigenvalue weighted by Crippen LogP contribution is -2.39. The topological polar surface area (TPSA) is 59.5 Å². The molecule has 0 aliphatic heterocycles. The number of amides is 1. The van der Waals surface area contributed by atoms with Crippen LogP contribution in [0.25, 0.3) is 10.6 Å². The van der Waals surface area contributed by atoms with Crippen LogP contribution in [0.2, 0.25) is 0 Å². The number of aromatic nitrogens is 1. The molecular formula is C21H19FN2O3S. The molecule has 0 atom stereocenters. The van der Waals surface area contributed by atoms with Gasteiger partial charge in [-0.05, 0) is 50.2 Å². The molecule has 0 saturated heterocycles. The van der Waals surface area contributed by atoms with Crippen molar-refractivity contribution in [1.82, 2.24) is 4.98 Å². The van der Waals surface area contributed by atoms with Crippen molar-refractivity contribution in [2.24, 2.45) is 0 Å². The van der Waals surface area contributed by atoms with E-state index in [1.54, 1.807) is 22.4 Å². The van der Waals surface area contributed by atoms with Gasteiger partial charge in [-0.25, -0.2) is 14.2 Å². The molecule has 0 aliphatic rings. The number of halogens is 1. The number of ether oxygens (including phenoxy) is 1. The molecule has 0 spiro atoms. The predicted octanol–water partition coefficient (Wildman–Crippen LogP) is 4.55. The maximum atomic E-state index is 13.0. The molecule has 2 aromatic carbocycles. The smallest absolute Gasteiger partial charge is 0.358 e. The highest BCUT2D eigenvalue weighted by Crippen LogP contribution is 2.24. The molecule has 7 heteroatoms. The molecule has 1 amide bonds. The summed E-state index contributed by atoms with van der Waals surface area (Å²) in [5.41, 5.74) is 1.57. The van der Waals surface area contributed by atoms with Crippen LogP contribution in [0.15, 0.2) is 60.0 Å². The predicted molar refractivity (Wildman–Crippen MR) is 107 cm³/mol. The minimum atomic E-state index is -0.672. The average Bonchev–Trinajstić information content (AvgIpc) is 3.17. The van der Waals surface area contributed by atoms with Crippen molar-refractivity contribution >= 4 is 28.9 Å². The number of thiazole rings is 1. The fourth-order valence-corrected chi connectivity index (χ4v) is 3.48. The number of anilines is 1. The second-order valence-corrected chi connectivity index (χ2v) is 7.17. The highest BCUT2D eigenvalue weighted by atomic mass is 32.1. The van der Waals surface area contributed by atoms with E-state index in [0.717, 1.165) is 5.69 Å². The third-order valence-corrected chi connectivity index (χ3v) is 4.84. The van der Waals surface area contributed by atoms with Crippen molar-refractivity contribution in [3.05, 3.63) is 71.5 Å². The van der Waals surface area contributed by atoms with Crippen LogP contribution in [0.1, 0.15) is 24.3 Å². The molecule has 0 bridgehead atoms. The lowest BCUT2D eigenvalue weighted by molar-refractivity contribution is -0.122.